The minimum Gasteiger partial charge on any atom is -0.448 e. The molecule has 1 unspecified atom stereocenters. The van der Waals surface area contributed by atoms with Gasteiger partial charge in [-0.05, 0) is 60.3 Å². The molecule has 0 spiro atoms. The fourth-order valence-electron chi connectivity index (χ4n) is 1.84. The van der Waals surface area contributed by atoms with Crippen molar-refractivity contribution in [2.24, 2.45) is 5.84 Å². The summed E-state index contributed by atoms with van der Waals surface area (Å²) in [5.41, 5.74) is 4.54. The van der Waals surface area contributed by atoms with Gasteiger partial charge in [-0.3, -0.25) is 5.84 Å². The van der Waals surface area contributed by atoms with Crippen LogP contribution >= 0.6 is 11.6 Å². The maximum absolute atomic E-state index is 13.2. The molecule has 0 aliphatic heterocycles. The number of furan rings is 1. The number of benzene rings is 1. The lowest BCUT2D eigenvalue weighted by Crippen LogP contribution is -2.29. The Morgan fingerprint density at radius 2 is 2.17 bits per heavy atom. The van der Waals surface area contributed by atoms with Crippen LogP contribution < -0.4 is 11.3 Å². The van der Waals surface area contributed by atoms with E-state index in [1.54, 1.807) is 18.2 Å². The van der Waals surface area contributed by atoms with E-state index in [9.17, 15) is 4.39 Å². The van der Waals surface area contributed by atoms with E-state index in [4.69, 9.17) is 21.9 Å². The minimum absolute atomic E-state index is 0.238. The van der Waals surface area contributed by atoms with Crippen molar-refractivity contribution in [3.8, 4) is 0 Å². The van der Waals surface area contributed by atoms with Gasteiger partial charge >= 0.3 is 0 Å². The third kappa shape index (κ3) is 2.90. The topological polar surface area (TPSA) is 51.2 Å². The van der Waals surface area contributed by atoms with Crippen molar-refractivity contribution in [1.82, 2.24) is 5.43 Å². The van der Waals surface area contributed by atoms with Crippen LogP contribution in [0.15, 0.2) is 34.7 Å². The molecule has 2 rings (SSSR count). The van der Waals surface area contributed by atoms with Gasteiger partial charge in [0.25, 0.3) is 0 Å². The standard InChI is InChI=1S/C13H14ClFN2O/c1-8-2-3-10(15)6-9(8)7-11(17-16)12-4-5-13(14)18-12/h2-6,11,17H,7,16H2,1H3. The van der Waals surface area contributed by atoms with Crippen LogP contribution in [0.3, 0.4) is 0 Å². The monoisotopic (exact) mass is 268 g/mol. The first-order chi connectivity index (χ1) is 8.60. The Bertz CT molecular complexity index is 542. The summed E-state index contributed by atoms with van der Waals surface area (Å²) in [7, 11) is 0. The molecule has 1 heterocycles. The predicted molar refractivity (Wildman–Crippen MR) is 68.6 cm³/mol. The van der Waals surface area contributed by atoms with Crippen LogP contribution in [0.25, 0.3) is 0 Å². The van der Waals surface area contributed by atoms with Crippen molar-refractivity contribution in [2.75, 3.05) is 0 Å². The van der Waals surface area contributed by atoms with Crippen LogP contribution in [0.4, 0.5) is 4.39 Å². The summed E-state index contributed by atoms with van der Waals surface area (Å²) in [4.78, 5) is 0. The Morgan fingerprint density at radius 1 is 1.39 bits per heavy atom. The lowest BCUT2D eigenvalue weighted by molar-refractivity contribution is 0.416. The molecule has 5 heteroatoms. The normalized spacial score (nSPS) is 12.7. The highest BCUT2D eigenvalue weighted by Crippen LogP contribution is 2.24. The van der Waals surface area contributed by atoms with E-state index >= 15 is 0 Å². The molecule has 0 aliphatic rings. The van der Waals surface area contributed by atoms with E-state index in [-0.39, 0.29) is 11.9 Å². The fraction of sp³-hybridized carbons (Fsp3) is 0.231. The van der Waals surface area contributed by atoms with E-state index in [1.165, 1.54) is 12.1 Å². The average molecular weight is 269 g/mol. The lowest BCUT2D eigenvalue weighted by Gasteiger charge is -2.15. The SMILES string of the molecule is Cc1ccc(F)cc1CC(NN)c1ccc(Cl)o1. The molecule has 0 amide bonds. The van der Waals surface area contributed by atoms with Crippen molar-refractivity contribution in [1.29, 1.82) is 0 Å². The average Bonchev–Trinajstić information content (AvgIpc) is 2.77. The van der Waals surface area contributed by atoms with Crippen LogP contribution in [0.5, 0.6) is 0 Å². The predicted octanol–water partition coefficient (Wildman–Crippen LogP) is 3.13. The van der Waals surface area contributed by atoms with Gasteiger partial charge in [-0.2, -0.15) is 0 Å². The second-order valence-corrected chi connectivity index (χ2v) is 4.51. The molecule has 0 aliphatic carbocycles. The number of hydrazine groups is 1. The zero-order chi connectivity index (χ0) is 13.1. The molecule has 0 saturated heterocycles. The number of hydrogen-bond acceptors (Lipinski definition) is 3. The van der Waals surface area contributed by atoms with Gasteiger partial charge in [0, 0.05) is 0 Å². The first-order valence-electron chi connectivity index (χ1n) is 5.56. The molecule has 0 fully saturated rings. The largest absolute Gasteiger partial charge is 0.448 e. The van der Waals surface area contributed by atoms with E-state index in [1.807, 2.05) is 6.92 Å². The van der Waals surface area contributed by atoms with Crippen molar-refractivity contribution >= 4 is 11.6 Å². The summed E-state index contributed by atoms with van der Waals surface area (Å²) < 4.78 is 18.5. The molecule has 3 nitrogen and oxygen atoms in total. The molecule has 0 bridgehead atoms. The number of aryl methyl sites for hydroxylation is 1. The molecule has 0 radical (unpaired) electrons. The van der Waals surface area contributed by atoms with Crippen molar-refractivity contribution in [3.63, 3.8) is 0 Å². The van der Waals surface area contributed by atoms with Crippen LogP contribution in [-0.4, -0.2) is 0 Å². The molecule has 1 aromatic heterocycles. The first-order valence-corrected chi connectivity index (χ1v) is 5.94. The van der Waals surface area contributed by atoms with Gasteiger partial charge in [0.1, 0.15) is 11.6 Å². The zero-order valence-electron chi connectivity index (χ0n) is 9.91. The number of nitrogens with two attached hydrogens (primary N) is 1. The third-order valence-electron chi connectivity index (χ3n) is 2.87. The number of hydrogen-bond donors (Lipinski definition) is 2. The molecule has 1 atom stereocenters. The van der Waals surface area contributed by atoms with Gasteiger partial charge in [-0.15, -0.1) is 0 Å². The van der Waals surface area contributed by atoms with E-state index in [2.05, 4.69) is 5.43 Å². The maximum Gasteiger partial charge on any atom is 0.193 e. The molecular weight excluding hydrogens is 255 g/mol. The summed E-state index contributed by atoms with van der Waals surface area (Å²) in [5.74, 6) is 5.87. The minimum atomic E-state index is -0.260. The Balaban J connectivity index is 2.22. The number of rotatable bonds is 4. The second kappa shape index (κ2) is 5.52. The summed E-state index contributed by atoms with van der Waals surface area (Å²) in [6.07, 6.45) is 0.532. The van der Waals surface area contributed by atoms with Crippen LogP contribution in [-0.2, 0) is 6.42 Å². The van der Waals surface area contributed by atoms with Crippen molar-refractivity contribution in [3.05, 3.63) is 58.3 Å². The Hall–Kier alpha value is -1.36. The molecule has 3 N–H and O–H groups in total. The van der Waals surface area contributed by atoms with Gasteiger partial charge < -0.3 is 4.42 Å². The van der Waals surface area contributed by atoms with Gasteiger partial charge in [-0.25, -0.2) is 9.82 Å². The fourth-order valence-corrected chi connectivity index (χ4v) is 1.99. The second-order valence-electron chi connectivity index (χ2n) is 4.14. The number of halogens is 2. The maximum atomic E-state index is 13.2. The number of nitrogens with one attached hydrogen (secondary N) is 1. The summed E-state index contributed by atoms with van der Waals surface area (Å²) in [5, 5.41) is 0.307. The molecule has 96 valence electrons. The highest BCUT2D eigenvalue weighted by Gasteiger charge is 2.16. The highest BCUT2D eigenvalue weighted by atomic mass is 35.5. The van der Waals surface area contributed by atoms with Gasteiger partial charge in [-0.1, -0.05) is 6.07 Å². The van der Waals surface area contributed by atoms with Crippen LogP contribution in [0.1, 0.15) is 22.9 Å². The van der Waals surface area contributed by atoms with Crippen LogP contribution in [0.2, 0.25) is 5.22 Å². The third-order valence-corrected chi connectivity index (χ3v) is 3.08. The molecular formula is C13H14ClFN2O. The smallest absolute Gasteiger partial charge is 0.193 e. The van der Waals surface area contributed by atoms with E-state index in [0.717, 1.165) is 11.1 Å². The van der Waals surface area contributed by atoms with Crippen molar-refractivity contribution in [2.45, 2.75) is 19.4 Å². The Morgan fingerprint density at radius 3 is 2.78 bits per heavy atom. The van der Waals surface area contributed by atoms with E-state index in [0.29, 0.717) is 17.4 Å². The first kappa shape index (κ1) is 13.1. The highest BCUT2D eigenvalue weighted by molar-refractivity contribution is 6.28. The summed E-state index contributed by atoms with van der Waals surface area (Å²) in [6.45, 7) is 1.93. The van der Waals surface area contributed by atoms with Gasteiger partial charge in [0.05, 0.1) is 6.04 Å². The zero-order valence-corrected chi connectivity index (χ0v) is 10.7. The van der Waals surface area contributed by atoms with Gasteiger partial charge in [0.15, 0.2) is 5.22 Å². The van der Waals surface area contributed by atoms with Gasteiger partial charge in [0.2, 0.25) is 0 Å². The quantitative estimate of drug-likeness (QED) is 0.662. The summed E-state index contributed by atoms with van der Waals surface area (Å²) >= 11 is 5.73. The summed E-state index contributed by atoms with van der Waals surface area (Å²) in [6, 6.07) is 7.85. The molecule has 1 aromatic carbocycles. The Labute approximate surface area is 110 Å². The lowest BCUT2D eigenvalue weighted by atomic mass is 10.00. The molecule has 18 heavy (non-hydrogen) atoms. The van der Waals surface area contributed by atoms with E-state index < -0.39 is 0 Å². The molecule has 0 saturated carbocycles. The van der Waals surface area contributed by atoms with Crippen LogP contribution in [0, 0.1) is 12.7 Å². The molecule has 2 aromatic rings. The van der Waals surface area contributed by atoms with Crippen molar-refractivity contribution < 1.29 is 8.81 Å². The Kier molecular flexibility index (Phi) is 4.01.